The third-order valence-electron chi connectivity index (χ3n) is 3.88. The maximum atomic E-state index is 8.17. The number of rotatable bonds is 2. The van der Waals surface area contributed by atoms with Gasteiger partial charge in [0.25, 0.3) is 0 Å². The Labute approximate surface area is 125 Å². The van der Waals surface area contributed by atoms with Crippen LogP contribution >= 0.6 is 0 Å². The Morgan fingerprint density at radius 3 is 2.24 bits per heavy atom. The van der Waals surface area contributed by atoms with Crippen molar-refractivity contribution in [3.05, 3.63) is 40.3 Å². The second kappa shape index (κ2) is 5.83. The van der Waals surface area contributed by atoms with Crippen molar-refractivity contribution in [2.75, 3.05) is 6.54 Å². The molecule has 0 atom stereocenters. The molecule has 0 spiro atoms. The van der Waals surface area contributed by atoms with E-state index in [2.05, 4.69) is 21.9 Å². The van der Waals surface area contributed by atoms with Crippen LogP contribution < -0.4 is 5.46 Å². The molecule has 6 heteroatoms. The van der Waals surface area contributed by atoms with Crippen molar-refractivity contribution in [2.45, 2.75) is 38.9 Å². The predicted octanol–water partition coefficient (Wildman–Crippen LogP) is 2.65. The molecule has 0 bridgehead atoms. The van der Waals surface area contributed by atoms with Crippen molar-refractivity contribution >= 4 is 12.6 Å². The minimum Gasteiger partial charge on any atom is -0.399 e. The quantitative estimate of drug-likeness (QED) is 0.275. The summed E-state index contributed by atoms with van der Waals surface area (Å²) in [5, 5.41) is 3.37. The van der Waals surface area contributed by atoms with Gasteiger partial charge in [0, 0.05) is 10.5 Å². The monoisotopic (exact) mass is 283 g/mol. The van der Waals surface area contributed by atoms with E-state index in [-0.39, 0.29) is 24.9 Å². The Morgan fingerprint density at radius 2 is 1.71 bits per heavy atom. The summed E-state index contributed by atoms with van der Waals surface area (Å²) in [4.78, 5) is 2.65. The van der Waals surface area contributed by atoms with Crippen molar-refractivity contribution in [3.8, 4) is 11.8 Å². The molecule has 0 radical (unpaired) electrons. The van der Waals surface area contributed by atoms with Gasteiger partial charge in [-0.1, -0.05) is 29.1 Å². The zero-order valence-corrected chi connectivity index (χ0v) is 12.8. The number of benzene rings is 1. The van der Waals surface area contributed by atoms with Crippen LogP contribution in [0.5, 0.6) is 0 Å². The molecule has 0 N–H and O–H groups in total. The Balaban J connectivity index is 2.10. The Hall–Kier alpha value is -1.93. The van der Waals surface area contributed by atoms with E-state index in [0.717, 1.165) is 11.0 Å². The lowest BCUT2D eigenvalue weighted by molar-refractivity contribution is 0.00578. The Kier molecular flexibility index (Phi) is 4.29. The largest absolute Gasteiger partial charge is 0.494 e. The van der Waals surface area contributed by atoms with Crippen molar-refractivity contribution in [1.82, 2.24) is 0 Å². The van der Waals surface area contributed by atoms with Gasteiger partial charge in [-0.3, -0.25) is 0 Å². The lowest BCUT2D eigenvalue weighted by Crippen LogP contribution is -2.41. The number of nitrogens with zero attached hydrogens (tertiary/aromatic N) is 3. The molecule has 1 fully saturated rings. The second-order valence-electron chi connectivity index (χ2n) is 5.90. The van der Waals surface area contributed by atoms with E-state index in [4.69, 9.17) is 14.8 Å². The third kappa shape index (κ3) is 3.40. The van der Waals surface area contributed by atoms with E-state index in [1.54, 1.807) is 0 Å². The first kappa shape index (κ1) is 15.5. The summed E-state index contributed by atoms with van der Waals surface area (Å²) in [5.41, 5.74) is 9.32. The van der Waals surface area contributed by atoms with Crippen LogP contribution in [0.25, 0.3) is 10.4 Å². The molecule has 1 heterocycles. The lowest BCUT2D eigenvalue weighted by atomic mass is 9.79. The highest BCUT2D eigenvalue weighted by atomic mass is 16.7. The molecular weight excluding hydrogens is 265 g/mol. The topological polar surface area (TPSA) is 67.2 Å². The summed E-state index contributed by atoms with van der Waals surface area (Å²) in [7, 11) is -0.361. The summed E-state index contributed by atoms with van der Waals surface area (Å²) in [5.74, 6) is 5.72. The second-order valence-corrected chi connectivity index (χ2v) is 5.90. The highest BCUT2D eigenvalue weighted by Gasteiger charge is 2.51. The molecule has 0 aromatic heterocycles. The maximum absolute atomic E-state index is 8.17. The van der Waals surface area contributed by atoms with Gasteiger partial charge in [0.15, 0.2) is 0 Å². The zero-order chi connectivity index (χ0) is 15.5. The molecule has 0 aliphatic carbocycles. The van der Waals surface area contributed by atoms with Crippen molar-refractivity contribution < 1.29 is 9.31 Å². The fourth-order valence-electron chi connectivity index (χ4n) is 1.91. The number of hydrogen-bond donors (Lipinski definition) is 0. The van der Waals surface area contributed by atoms with Crippen LogP contribution in [0.15, 0.2) is 29.4 Å². The van der Waals surface area contributed by atoms with Gasteiger partial charge in [-0.15, -0.1) is 0 Å². The third-order valence-corrected chi connectivity index (χ3v) is 3.88. The van der Waals surface area contributed by atoms with E-state index in [0.29, 0.717) is 0 Å². The molecule has 0 unspecified atom stereocenters. The van der Waals surface area contributed by atoms with Crippen molar-refractivity contribution in [2.24, 2.45) is 5.11 Å². The van der Waals surface area contributed by atoms with E-state index >= 15 is 0 Å². The van der Waals surface area contributed by atoms with Crippen LogP contribution in [0, 0.1) is 11.8 Å². The van der Waals surface area contributed by atoms with Crippen LogP contribution in [0.4, 0.5) is 0 Å². The van der Waals surface area contributed by atoms with E-state index in [1.807, 2.05) is 52.0 Å². The van der Waals surface area contributed by atoms with Gasteiger partial charge in [-0.25, -0.2) is 0 Å². The van der Waals surface area contributed by atoms with Gasteiger partial charge in [-0.05, 0) is 50.8 Å². The van der Waals surface area contributed by atoms with Gasteiger partial charge in [-0.2, -0.15) is 0 Å². The van der Waals surface area contributed by atoms with Crippen molar-refractivity contribution in [3.63, 3.8) is 0 Å². The normalized spacial score (nSPS) is 18.6. The molecule has 1 saturated heterocycles. The molecule has 5 nitrogen and oxygen atoms in total. The predicted molar refractivity (Wildman–Crippen MR) is 83.0 cm³/mol. The van der Waals surface area contributed by atoms with Gasteiger partial charge >= 0.3 is 7.12 Å². The highest BCUT2D eigenvalue weighted by Crippen LogP contribution is 2.36. The van der Waals surface area contributed by atoms with Gasteiger partial charge in [0.1, 0.15) is 0 Å². The first-order chi connectivity index (χ1) is 9.86. The SMILES string of the molecule is CC1(C)OB(c2ccc(C#CCN=[N+]=[N-])cc2)OC1(C)C. The van der Waals surface area contributed by atoms with E-state index in [9.17, 15) is 0 Å². The Bertz CT molecular complexity index is 607. The first-order valence-electron chi connectivity index (χ1n) is 6.81. The molecule has 1 aliphatic rings. The van der Waals surface area contributed by atoms with Crippen molar-refractivity contribution in [1.29, 1.82) is 0 Å². The standard InChI is InChI=1S/C15H18BN3O2/c1-14(2)15(3,4)21-16(20-14)13-9-7-12(8-10-13)6-5-11-18-19-17/h7-10H,11H2,1-4H3. The molecule has 108 valence electrons. The highest BCUT2D eigenvalue weighted by molar-refractivity contribution is 6.62. The molecule has 0 amide bonds. The van der Waals surface area contributed by atoms with E-state index < -0.39 is 0 Å². The Morgan fingerprint density at radius 1 is 1.14 bits per heavy atom. The minimum atomic E-state index is -0.361. The number of azide groups is 1. The van der Waals surface area contributed by atoms with Gasteiger partial charge in [0.05, 0.1) is 17.7 Å². The zero-order valence-electron chi connectivity index (χ0n) is 12.8. The molecule has 1 aromatic rings. The summed E-state index contributed by atoms with van der Waals surface area (Å²) in [6.45, 7) is 8.30. The van der Waals surface area contributed by atoms with Crippen LogP contribution in [-0.2, 0) is 9.31 Å². The fourth-order valence-corrected chi connectivity index (χ4v) is 1.91. The molecule has 1 aliphatic heterocycles. The fraction of sp³-hybridized carbons (Fsp3) is 0.467. The minimum absolute atomic E-state index is 0.176. The summed E-state index contributed by atoms with van der Waals surface area (Å²) in [6, 6.07) is 7.70. The molecule has 2 rings (SSSR count). The summed E-state index contributed by atoms with van der Waals surface area (Å²) in [6.07, 6.45) is 0. The summed E-state index contributed by atoms with van der Waals surface area (Å²) >= 11 is 0. The molecule has 0 saturated carbocycles. The molecule has 1 aromatic carbocycles. The molecular formula is C15H18BN3O2. The lowest BCUT2D eigenvalue weighted by Gasteiger charge is -2.32. The summed E-state index contributed by atoms with van der Waals surface area (Å²) < 4.78 is 12.0. The van der Waals surface area contributed by atoms with Crippen LogP contribution in [-0.4, -0.2) is 24.9 Å². The average Bonchev–Trinajstić information content (AvgIpc) is 2.64. The average molecular weight is 283 g/mol. The molecule has 21 heavy (non-hydrogen) atoms. The van der Waals surface area contributed by atoms with Gasteiger partial charge < -0.3 is 9.31 Å². The van der Waals surface area contributed by atoms with Crippen LogP contribution in [0.1, 0.15) is 33.3 Å². The first-order valence-corrected chi connectivity index (χ1v) is 6.81. The van der Waals surface area contributed by atoms with Crippen LogP contribution in [0.3, 0.4) is 0 Å². The maximum Gasteiger partial charge on any atom is 0.494 e. The van der Waals surface area contributed by atoms with Crippen LogP contribution in [0.2, 0.25) is 0 Å². The van der Waals surface area contributed by atoms with E-state index in [1.165, 1.54) is 0 Å². The van der Waals surface area contributed by atoms with Gasteiger partial charge in [0.2, 0.25) is 0 Å². The number of hydrogen-bond acceptors (Lipinski definition) is 3. The smallest absolute Gasteiger partial charge is 0.399 e.